The zero-order valence-corrected chi connectivity index (χ0v) is 20.3. The zero-order valence-electron chi connectivity index (χ0n) is 19.4. The lowest BCUT2D eigenvalue weighted by Crippen LogP contribution is -2.27. The van der Waals surface area contributed by atoms with Crippen molar-refractivity contribution in [2.24, 2.45) is 0 Å². The SMILES string of the molecule is COc1ccc(C(=O)Oc2ccc(/C=C3\SC(=O)N(Cc4cccc(C)c4)C3=O)cc2OC)cc1. The van der Waals surface area contributed by atoms with E-state index in [1.165, 1.54) is 12.0 Å². The van der Waals surface area contributed by atoms with Gasteiger partial charge in [0, 0.05) is 0 Å². The third-order valence-electron chi connectivity index (χ3n) is 5.31. The van der Waals surface area contributed by atoms with Crippen LogP contribution in [-0.4, -0.2) is 36.2 Å². The molecule has 3 aromatic carbocycles. The highest BCUT2D eigenvalue weighted by Gasteiger charge is 2.35. The van der Waals surface area contributed by atoms with E-state index in [1.54, 1.807) is 55.7 Å². The molecule has 0 N–H and O–H groups in total. The lowest BCUT2D eigenvalue weighted by molar-refractivity contribution is -0.123. The van der Waals surface area contributed by atoms with Gasteiger partial charge in [0.2, 0.25) is 0 Å². The molecule has 1 aliphatic heterocycles. The molecule has 7 nitrogen and oxygen atoms in total. The second-order valence-electron chi connectivity index (χ2n) is 7.79. The molecular formula is C27H23NO6S. The monoisotopic (exact) mass is 489 g/mol. The first kappa shape index (κ1) is 24.1. The number of hydrogen-bond donors (Lipinski definition) is 0. The molecule has 0 atom stereocenters. The summed E-state index contributed by atoms with van der Waals surface area (Å²) in [6, 6.07) is 19.2. The van der Waals surface area contributed by atoms with Crippen molar-refractivity contribution in [1.82, 2.24) is 4.90 Å². The average molecular weight is 490 g/mol. The first-order chi connectivity index (χ1) is 16.9. The molecule has 35 heavy (non-hydrogen) atoms. The molecule has 0 unspecified atom stereocenters. The van der Waals surface area contributed by atoms with E-state index in [0.29, 0.717) is 27.5 Å². The Labute approximate surface area is 207 Å². The number of aryl methyl sites for hydroxylation is 1. The van der Waals surface area contributed by atoms with Crippen LogP contribution in [0.5, 0.6) is 17.2 Å². The zero-order chi connectivity index (χ0) is 24.9. The normalized spacial score (nSPS) is 14.4. The van der Waals surface area contributed by atoms with Crippen LogP contribution in [0.1, 0.15) is 27.0 Å². The van der Waals surface area contributed by atoms with Gasteiger partial charge in [-0.15, -0.1) is 0 Å². The molecule has 1 fully saturated rings. The quantitative estimate of drug-likeness (QED) is 0.247. The van der Waals surface area contributed by atoms with Gasteiger partial charge in [-0.3, -0.25) is 14.5 Å². The van der Waals surface area contributed by atoms with Crippen molar-refractivity contribution in [3.05, 3.63) is 93.9 Å². The molecular weight excluding hydrogens is 466 g/mol. The second-order valence-corrected chi connectivity index (χ2v) is 8.78. The van der Waals surface area contributed by atoms with Crippen LogP contribution in [0.3, 0.4) is 0 Å². The van der Waals surface area contributed by atoms with Crippen molar-refractivity contribution in [3.63, 3.8) is 0 Å². The lowest BCUT2D eigenvalue weighted by Gasteiger charge is -2.13. The van der Waals surface area contributed by atoms with Gasteiger partial charge in [0.25, 0.3) is 11.1 Å². The van der Waals surface area contributed by atoms with Gasteiger partial charge in [0.05, 0.1) is 31.2 Å². The molecule has 1 heterocycles. The number of esters is 1. The Morgan fingerprint density at radius 1 is 0.943 bits per heavy atom. The van der Waals surface area contributed by atoms with Crippen LogP contribution in [-0.2, 0) is 11.3 Å². The van der Waals surface area contributed by atoms with Gasteiger partial charge in [-0.05, 0) is 72.3 Å². The number of benzene rings is 3. The van der Waals surface area contributed by atoms with Crippen molar-refractivity contribution in [3.8, 4) is 17.2 Å². The van der Waals surface area contributed by atoms with Gasteiger partial charge in [-0.2, -0.15) is 0 Å². The van der Waals surface area contributed by atoms with Gasteiger partial charge in [0.15, 0.2) is 11.5 Å². The second kappa shape index (κ2) is 10.5. The smallest absolute Gasteiger partial charge is 0.343 e. The molecule has 3 aromatic rings. The van der Waals surface area contributed by atoms with Crippen LogP contribution in [0.25, 0.3) is 6.08 Å². The number of ether oxygens (including phenoxy) is 3. The van der Waals surface area contributed by atoms with E-state index in [0.717, 1.165) is 22.9 Å². The van der Waals surface area contributed by atoms with Gasteiger partial charge >= 0.3 is 5.97 Å². The molecule has 0 radical (unpaired) electrons. The summed E-state index contributed by atoms with van der Waals surface area (Å²) in [5.74, 6) is 0.288. The molecule has 0 aliphatic carbocycles. The first-order valence-electron chi connectivity index (χ1n) is 10.7. The minimum atomic E-state index is -0.545. The maximum absolute atomic E-state index is 12.9. The molecule has 0 saturated carbocycles. The number of carbonyl (C=O) groups excluding carboxylic acids is 3. The number of hydrogen-bond acceptors (Lipinski definition) is 7. The Kier molecular flexibility index (Phi) is 7.22. The molecule has 0 spiro atoms. The third kappa shape index (κ3) is 5.55. The number of carbonyl (C=O) groups is 3. The fraction of sp³-hybridized carbons (Fsp3) is 0.148. The Morgan fingerprint density at radius 2 is 1.71 bits per heavy atom. The Hall–Kier alpha value is -4.04. The Bertz CT molecular complexity index is 1320. The van der Waals surface area contributed by atoms with E-state index in [4.69, 9.17) is 14.2 Å². The van der Waals surface area contributed by atoms with Gasteiger partial charge in [-0.25, -0.2) is 4.79 Å². The highest BCUT2D eigenvalue weighted by atomic mass is 32.2. The Morgan fingerprint density at radius 3 is 2.40 bits per heavy atom. The minimum Gasteiger partial charge on any atom is -0.497 e. The van der Waals surface area contributed by atoms with Crippen molar-refractivity contribution >= 4 is 35.0 Å². The lowest BCUT2D eigenvalue weighted by atomic mass is 10.1. The van der Waals surface area contributed by atoms with Crippen molar-refractivity contribution in [2.75, 3.05) is 14.2 Å². The number of rotatable bonds is 7. The van der Waals surface area contributed by atoms with Gasteiger partial charge in [0.1, 0.15) is 5.75 Å². The molecule has 0 bridgehead atoms. The number of imide groups is 1. The van der Waals surface area contributed by atoms with Crippen molar-refractivity contribution in [2.45, 2.75) is 13.5 Å². The summed E-state index contributed by atoms with van der Waals surface area (Å²) >= 11 is 0.891. The number of amides is 2. The maximum Gasteiger partial charge on any atom is 0.343 e. The van der Waals surface area contributed by atoms with E-state index < -0.39 is 5.97 Å². The highest BCUT2D eigenvalue weighted by molar-refractivity contribution is 8.18. The van der Waals surface area contributed by atoms with Gasteiger partial charge < -0.3 is 14.2 Å². The minimum absolute atomic E-state index is 0.216. The summed E-state index contributed by atoms with van der Waals surface area (Å²) in [6.45, 7) is 2.18. The fourth-order valence-corrected chi connectivity index (χ4v) is 4.36. The highest BCUT2D eigenvalue weighted by Crippen LogP contribution is 2.35. The Balaban J connectivity index is 1.50. The number of methoxy groups -OCH3 is 2. The maximum atomic E-state index is 12.9. The number of nitrogens with zero attached hydrogens (tertiary/aromatic N) is 1. The largest absolute Gasteiger partial charge is 0.497 e. The molecule has 1 saturated heterocycles. The van der Waals surface area contributed by atoms with E-state index in [-0.39, 0.29) is 23.4 Å². The fourth-order valence-electron chi connectivity index (χ4n) is 3.52. The van der Waals surface area contributed by atoms with E-state index in [9.17, 15) is 14.4 Å². The van der Waals surface area contributed by atoms with Crippen molar-refractivity contribution < 1.29 is 28.6 Å². The summed E-state index contributed by atoms with van der Waals surface area (Å²) in [7, 11) is 3.00. The van der Waals surface area contributed by atoms with Gasteiger partial charge in [-0.1, -0.05) is 35.9 Å². The van der Waals surface area contributed by atoms with Crippen molar-refractivity contribution in [1.29, 1.82) is 0 Å². The predicted octanol–water partition coefficient (Wildman–Crippen LogP) is 5.47. The van der Waals surface area contributed by atoms with Crippen LogP contribution in [0, 0.1) is 6.92 Å². The topological polar surface area (TPSA) is 82.1 Å². The summed E-state index contributed by atoms with van der Waals surface area (Å²) in [5.41, 5.74) is 2.94. The third-order valence-corrected chi connectivity index (χ3v) is 6.22. The summed E-state index contributed by atoms with van der Waals surface area (Å²) in [4.78, 5) is 39.4. The van der Waals surface area contributed by atoms with E-state index >= 15 is 0 Å². The number of thioether (sulfide) groups is 1. The van der Waals surface area contributed by atoms with Crippen LogP contribution in [0.2, 0.25) is 0 Å². The van der Waals surface area contributed by atoms with Crippen LogP contribution < -0.4 is 14.2 Å². The molecule has 4 rings (SSSR count). The molecule has 2 amide bonds. The van der Waals surface area contributed by atoms with E-state index in [2.05, 4.69) is 0 Å². The van der Waals surface area contributed by atoms with Crippen LogP contribution in [0.4, 0.5) is 4.79 Å². The average Bonchev–Trinajstić information content (AvgIpc) is 3.12. The van der Waals surface area contributed by atoms with Crippen LogP contribution in [0.15, 0.2) is 71.6 Å². The predicted molar refractivity (Wildman–Crippen MR) is 134 cm³/mol. The van der Waals surface area contributed by atoms with Crippen LogP contribution >= 0.6 is 11.8 Å². The van der Waals surface area contributed by atoms with E-state index in [1.807, 2.05) is 31.2 Å². The molecule has 1 aliphatic rings. The first-order valence-corrected chi connectivity index (χ1v) is 11.5. The molecule has 0 aromatic heterocycles. The summed E-state index contributed by atoms with van der Waals surface area (Å²) < 4.78 is 16.0. The standard InChI is InChI=1S/C27H23NO6S/c1-17-5-4-6-19(13-17)16-28-25(29)24(35-27(28)31)15-18-7-12-22(23(14-18)33-3)34-26(30)20-8-10-21(32-2)11-9-20/h4-15H,16H2,1-3H3/b24-15-. The molecule has 178 valence electrons. The molecule has 8 heteroatoms. The summed E-state index contributed by atoms with van der Waals surface area (Å²) in [6.07, 6.45) is 1.62. The summed E-state index contributed by atoms with van der Waals surface area (Å²) in [5, 5.41) is -0.320.